The Hall–Kier alpha value is -0.160. The molecule has 1 unspecified atom stereocenters. The molecule has 0 radical (unpaired) electrons. The predicted octanol–water partition coefficient (Wildman–Crippen LogP) is -0.193. The van der Waals surface area contributed by atoms with Crippen LogP contribution in [0.1, 0.15) is 13.3 Å². The van der Waals surface area contributed by atoms with E-state index in [2.05, 4.69) is 17.2 Å². The van der Waals surface area contributed by atoms with Gasteiger partial charge in [-0.05, 0) is 20.5 Å². The molecule has 0 aromatic carbocycles. The summed E-state index contributed by atoms with van der Waals surface area (Å²) >= 11 is 0. The van der Waals surface area contributed by atoms with E-state index in [9.17, 15) is 0 Å². The predicted molar refractivity (Wildman–Crippen MR) is 50.8 cm³/mol. The van der Waals surface area contributed by atoms with Crippen LogP contribution in [-0.2, 0) is 4.74 Å². The first kappa shape index (κ1) is 11.8. The number of nitrogens with one attached hydrogen (secondary N) is 1. The molecule has 0 aliphatic rings. The summed E-state index contributed by atoms with van der Waals surface area (Å²) in [6, 6.07) is 0.228. The van der Waals surface area contributed by atoms with E-state index in [1.54, 1.807) is 0 Å². The van der Waals surface area contributed by atoms with Crippen LogP contribution in [0.3, 0.4) is 0 Å². The Kier molecular flexibility index (Phi) is 7.39. The summed E-state index contributed by atoms with van der Waals surface area (Å²) in [5.41, 5.74) is 2.73. The summed E-state index contributed by atoms with van der Waals surface area (Å²) in [6.45, 7) is 4.49. The van der Waals surface area contributed by atoms with Gasteiger partial charge in [0.1, 0.15) is 0 Å². The number of hydrogen-bond acceptors (Lipinski definition) is 4. The molecule has 4 heteroatoms. The Morgan fingerprint density at radius 3 is 2.58 bits per heavy atom. The van der Waals surface area contributed by atoms with Crippen molar-refractivity contribution in [2.75, 3.05) is 33.9 Å². The van der Waals surface area contributed by atoms with E-state index in [1.807, 2.05) is 14.1 Å². The van der Waals surface area contributed by atoms with Crippen LogP contribution in [0.25, 0.3) is 0 Å². The third kappa shape index (κ3) is 6.54. The van der Waals surface area contributed by atoms with Crippen molar-refractivity contribution in [3.8, 4) is 0 Å². The van der Waals surface area contributed by atoms with Crippen LogP contribution in [-0.4, -0.2) is 44.8 Å². The van der Waals surface area contributed by atoms with Gasteiger partial charge in [0, 0.05) is 13.2 Å². The number of nitrogens with two attached hydrogens (primary N) is 1. The maximum Gasteiger partial charge on any atom is 0.0645 e. The second kappa shape index (κ2) is 7.49. The van der Waals surface area contributed by atoms with Gasteiger partial charge in [0.15, 0.2) is 0 Å². The lowest BCUT2D eigenvalue weighted by atomic mass is 10.3. The van der Waals surface area contributed by atoms with Gasteiger partial charge in [-0.25, -0.2) is 0 Å². The summed E-state index contributed by atoms with van der Waals surface area (Å²) in [5, 5.41) is 0. The van der Waals surface area contributed by atoms with Crippen molar-refractivity contribution in [3.63, 3.8) is 0 Å². The van der Waals surface area contributed by atoms with Crippen LogP contribution in [0.5, 0.6) is 0 Å². The van der Waals surface area contributed by atoms with Crippen LogP contribution < -0.4 is 11.3 Å². The highest BCUT2D eigenvalue weighted by atomic mass is 16.5. The van der Waals surface area contributed by atoms with Gasteiger partial charge in [0.05, 0.1) is 12.6 Å². The number of likely N-dealkylation sites (N-methyl/N-ethyl adjacent to an activating group) is 1. The first-order valence-corrected chi connectivity index (χ1v) is 4.39. The molecule has 0 bridgehead atoms. The van der Waals surface area contributed by atoms with Crippen molar-refractivity contribution in [3.05, 3.63) is 0 Å². The first-order valence-electron chi connectivity index (χ1n) is 4.39. The highest BCUT2D eigenvalue weighted by molar-refractivity contribution is 4.64. The third-order valence-electron chi connectivity index (χ3n) is 1.49. The fraction of sp³-hybridized carbons (Fsp3) is 1.00. The van der Waals surface area contributed by atoms with E-state index in [0.29, 0.717) is 6.61 Å². The molecule has 0 saturated heterocycles. The number of hydrogen-bond donors (Lipinski definition) is 2. The minimum atomic E-state index is 0.228. The average molecular weight is 175 g/mol. The smallest absolute Gasteiger partial charge is 0.0645 e. The van der Waals surface area contributed by atoms with Gasteiger partial charge >= 0.3 is 0 Å². The maximum absolute atomic E-state index is 5.37. The Morgan fingerprint density at radius 2 is 2.17 bits per heavy atom. The maximum atomic E-state index is 5.37. The summed E-state index contributed by atoms with van der Waals surface area (Å²) in [4.78, 5) is 2.08. The number of rotatable bonds is 7. The number of nitrogens with zero attached hydrogens (tertiary/aromatic N) is 1. The van der Waals surface area contributed by atoms with Crippen LogP contribution >= 0.6 is 0 Å². The molecule has 0 aliphatic carbocycles. The molecular formula is C8H21N3O. The van der Waals surface area contributed by atoms with Crippen molar-refractivity contribution in [2.45, 2.75) is 19.4 Å². The Balaban J connectivity index is 3.39. The van der Waals surface area contributed by atoms with Crippen molar-refractivity contribution < 1.29 is 4.74 Å². The minimum absolute atomic E-state index is 0.228. The summed E-state index contributed by atoms with van der Waals surface area (Å²) in [7, 11) is 4.04. The zero-order valence-electron chi connectivity index (χ0n) is 8.34. The lowest BCUT2D eigenvalue weighted by molar-refractivity contribution is 0.103. The van der Waals surface area contributed by atoms with E-state index in [1.165, 1.54) is 0 Å². The van der Waals surface area contributed by atoms with Crippen molar-refractivity contribution >= 4 is 0 Å². The second-order valence-electron chi connectivity index (χ2n) is 3.20. The quantitative estimate of drug-likeness (QED) is 0.320. The molecule has 0 heterocycles. The lowest BCUT2D eigenvalue weighted by Crippen LogP contribution is -2.45. The molecule has 0 aromatic heterocycles. The largest absolute Gasteiger partial charge is 0.380 e. The molecule has 4 nitrogen and oxygen atoms in total. The fourth-order valence-electron chi connectivity index (χ4n) is 0.964. The highest BCUT2D eigenvalue weighted by Crippen LogP contribution is 1.88. The Labute approximate surface area is 75.0 Å². The van der Waals surface area contributed by atoms with E-state index >= 15 is 0 Å². The summed E-state index contributed by atoms with van der Waals surface area (Å²) in [5.74, 6) is 5.35. The Morgan fingerprint density at radius 1 is 1.50 bits per heavy atom. The monoisotopic (exact) mass is 175 g/mol. The van der Waals surface area contributed by atoms with Crippen molar-refractivity contribution in [2.24, 2.45) is 5.84 Å². The average Bonchev–Trinajstić information content (AvgIpc) is 2.02. The molecule has 0 aromatic rings. The topological polar surface area (TPSA) is 50.5 Å². The van der Waals surface area contributed by atoms with Crippen LogP contribution in [0.15, 0.2) is 0 Å². The zero-order valence-corrected chi connectivity index (χ0v) is 8.34. The van der Waals surface area contributed by atoms with Gasteiger partial charge in [-0.3, -0.25) is 11.3 Å². The molecule has 12 heavy (non-hydrogen) atoms. The normalized spacial score (nSPS) is 13.8. The summed E-state index contributed by atoms with van der Waals surface area (Å²) in [6.07, 6.45) is 1.05. The molecule has 0 saturated carbocycles. The van der Waals surface area contributed by atoms with Crippen molar-refractivity contribution in [1.82, 2.24) is 10.3 Å². The van der Waals surface area contributed by atoms with Crippen LogP contribution in [0, 0.1) is 0 Å². The van der Waals surface area contributed by atoms with Crippen LogP contribution in [0.4, 0.5) is 0 Å². The van der Waals surface area contributed by atoms with Crippen molar-refractivity contribution in [1.29, 1.82) is 0 Å². The zero-order chi connectivity index (χ0) is 9.40. The summed E-state index contributed by atoms with van der Waals surface area (Å²) < 4.78 is 5.37. The van der Waals surface area contributed by atoms with E-state index in [4.69, 9.17) is 10.6 Å². The van der Waals surface area contributed by atoms with Gasteiger partial charge in [0.25, 0.3) is 0 Å². The molecule has 0 rings (SSSR count). The Bertz CT molecular complexity index is 98.3. The third-order valence-corrected chi connectivity index (χ3v) is 1.49. The first-order chi connectivity index (χ1) is 5.70. The van der Waals surface area contributed by atoms with E-state index < -0.39 is 0 Å². The standard InChI is InChI=1S/C8H21N3O/c1-4-5-12-7-8(10-9)6-11(2)3/h8,10H,4-7,9H2,1-3H3. The molecular weight excluding hydrogens is 154 g/mol. The highest BCUT2D eigenvalue weighted by Gasteiger charge is 2.06. The molecule has 0 amide bonds. The molecule has 3 N–H and O–H groups in total. The number of ether oxygens (including phenoxy) is 1. The molecule has 1 atom stereocenters. The minimum Gasteiger partial charge on any atom is -0.380 e. The number of hydrazine groups is 1. The lowest BCUT2D eigenvalue weighted by Gasteiger charge is -2.19. The van der Waals surface area contributed by atoms with Gasteiger partial charge < -0.3 is 9.64 Å². The van der Waals surface area contributed by atoms with Gasteiger partial charge in [-0.15, -0.1) is 0 Å². The van der Waals surface area contributed by atoms with E-state index in [-0.39, 0.29) is 6.04 Å². The van der Waals surface area contributed by atoms with E-state index in [0.717, 1.165) is 19.6 Å². The van der Waals surface area contributed by atoms with Gasteiger partial charge in [-0.1, -0.05) is 6.92 Å². The fourth-order valence-corrected chi connectivity index (χ4v) is 0.964. The second-order valence-corrected chi connectivity index (χ2v) is 3.20. The SMILES string of the molecule is CCCOCC(CN(C)C)NN. The van der Waals surface area contributed by atoms with Gasteiger partial charge in [0.2, 0.25) is 0 Å². The van der Waals surface area contributed by atoms with Gasteiger partial charge in [-0.2, -0.15) is 0 Å². The molecule has 0 spiro atoms. The van der Waals surface area contributed by atoms with Crippen LogP contribution in [0.2, 0.25) is 0 Å². The molecule has 0 aliphatic heterocycles. The molecule has 74 valence electrons. The molecule has 0 fully saturated rings.